The van der Waals surface area contributed by atoms with Gasteiger partial charge < -0.3 is 14.8 Å². The lowest BCUT2D eigenvalue weighted by Gasteiger charge is -2.18. The predicted octanol–water partition coefficient (Wildman–Crippen LogP) is 3.16. The zero-order chi connectivity index (χ0) is 13.4. The molecular weight excluding hydrogens is 226 g/mol. The Morgan fingerprint density at radius 2 is 2.06 bits per heavy atom. The first kappa shape index (κ1) is 15.0. The summed E-state index contributed by atoms with van der Waals surface area (Å²) in [6.45, 7) is 7.68. The molecule has 1 aromatic carbocycles. The third kappa shape index (κ3) is 5.07. The van der Waals surface area contributed by atoms with Gasteiger partial charge in [0.2, 0.25) is 0 Å². The summed E-state index contributed by atoms with van der Waals surface area (Å²) in [6, 6.07) is 8.41. The summed E-state index contributed by atoms with van der Waals surface area (Å²) in [6.07, 6.45) is 1.25. The Labute approximate surface area is 110 Å². The molecule has 1 unspecified atom stereocenters. The summed E-state index contributed by atoms with van der Waals surface area (Å²) in [5, 5.41) is 3.28. The van der Waals surface area contributed by atoms with E-state index in [1.165, 1.54) is 5.56 Å². The molecule has 0 radical (unpaired) electrons. The molecule has 18 heavy (non-hydrogen) atoms. The van der Waals surface area contributed by atoms with E-state index < -0.39 is 0 Å². The summed E-state index contributed by atoms with van der Waals surface area (Å²) >= 11 is 0. The Kier molecular flexibility index (Phi) is 6.76. The van der Waals surface area contributed by atoms with E-state index in [1.807, 2.05) is 33.0 Å². The quantitative estimate of drug-likeness (QED) is 0.720. The van der Waals surface area contributed by atoms with Crippen LogP contribution in [0.4, 0.5) is 0 Å². The van der Waals surface area contributed by atoms with Gasteiger partial charge in [-0.05, 0) is 45.0 Å². The van der Waals surface area contributed by atoms with Crippen LogP contribution >= 0.6 is 0 Å². The van der Waals surface area contributed by atoms with Crippen LogP contribution < -0.4 is 10.1 Å². The van der Waals surface area contributed by atoms with Crippen LogP contribution in [0, 0.1) is 0 Å². The molecule has 0 saturated heterocycles. The number of nitrogens with one attached hydrogen (secondary N) is 1. The zero-order valence-corrected chi connectivity index (χ0v) is 11.9. The first-order chi connectivity index (χ1) is 8.67. The van der Waals surface area contributed by atoms with Crippen LogP contribution in [0.5, 0.6) is 5.75 Å². The van der Waals surface area contributed by atoms with E-state index in [2.05, 4.69) is 24.4 Å². The zero-order valence-electron chi connectivity index (χ0n) is 11.9. The molecule has 3 heteroatoms. The second-order valence-electron chi connectivity index (χ2n) is 4.66. The van der Waals surface area contributed by atoms with Gasteiger partial charge in [0.15, 0.2) is 0 Å². The molecule has 0 fully saturated rings. The SMILES string of the molecule is CCCOCC(NC)c1cccc(OC(C)C)c1. The average molecular weight is 251 g/mol. The maximum atomic E-state index is 5.71. The molecule has 1 atom stereocenters. The van der Waals surface area contributed by atoms with Crippen LogP contribution in [0.25, 0.3) is 0 Å². The van der Waals surface area contributed by atoms with Crippen molar-refractivity contribution in [3.05, 3.63) is 29.8 Å². The van der Waals surface area contributed by atoms with Crippen LogP contribution in [-0.2, 0) is 4.74 Å². The third-order valence-electron chi connectivity index (χ3n) is 2.61. The number of benzene rings is 1. The van der Waals surface area contributed by atoms with E-state index in [0.717, 1.165) is 18.8 Å². The summed E-state index contributed by atoms with van der Waals surface area (Å²) in [7, 11) is 1.95. The lowest BCUT2D eigenvalue weighted by molar-refractivity contribution is 0.114. The summed E-state index contributed by atoms with van der Waals surface area (Å²) in [4.78, 5) is 0. The van der Waals surface area contributed by atoms with Crippen molar-refractivity contribution < 1.29 is 9.47 Å². The lowest BCUT2D eigenvalue weighted by atomic mass is 10.1. The average Bonchev–Trinajstić information content (AvgIpc) is 2.34. The molecule has 3 nitrogen and oxygen atoms in total. The molecule has 0 aliphatic carbocycles. The number of rotatable bonds is 8. The van der Waals surface area contributed by atoms with Crippen molar-refractivity contribution in [3.8, 4) is 5.75 Å². The molecule has 0 bridgehead atoms. The van der Waals surface area contributed by atoms with Crippen molar-refractivity contribution in [1.82, 2.24) is 5.32 Å². The van der Waals surface area contributed by atoms with Gasteiger partial charge in [-0.25, -0.2) is 0 Å². The van der Waals surface area contributed by atoms with Gasteiger partial charge >= 0.3 is 0 Å². The highest BCUT2D eigenvalue weighted by molar-refractivity contribution is 5.30. The van der Waals surface area contributed by atoms with Gasteiger partial charge in [-0.15, -0.1) is 0 Å². The van der Waals surface area contributed by atoms with E-state index >= 15 is 0 Å². The van der Waals surface area contributed by atoms with Gasteiger partial charge in [-0.1, -0.05) is 19.1 Å². The summed E-state index contributed by atoms with van der Waals surface area (Å²) < 4.78 is 11.3. The van der Waals surface area contributed by atoms with Crippen molar-refractivity contribution in [1.29, 1.82) is 0 Å². The van der Waals surface area contributed by atoms with Gasteiger partial charge in [0, 0.05) is 6.61 Å². The summed E-state index contributed by atoms with van der Waals surface area (Å²) in [5.41, 5.74) is 1.20. The molecule has 1 N–H and O–H groups in total. The van der Waals surface area contributed by atoms with Gasteiger partial charge in [-0.2, -0.15) is 0 Å². The van der Waals surface area contributed by atoms with Gasteiger partial charge in [0.25, 0.3) is 0 Å². The van der Waals surface area contributed by atoms with Crippen LogP contribution in [-0.4, -0.2) is 26.4 Å². The van der Waals surface area contributed by atoms with Crippen molar-refractivity contribution >= 4 is 0 Å². The highest BCUT2D eigenvalue weighted by Gasteiger charge is 2.10. The van der Waals surface area contributed by atoms with Gasteiger partial charge in [-0.3, -0.25) is 0 Å². The molecule has 0 saturated carbocycles. The van der Waals surface area contributed by atoms with Crippen molar-refractivity contribution in [2.24, 2.45) is 0 Å². The predicted molar refractivity (Wildman–Crippen MR) is 75.1 cm³/mol. The standard InChI is InChI=1S/C15H25NO2/c1-5-9-17-11-15(16-4)13-7-6-8-14(10-13)18-12(2)3/h6-8,10,12,15-16H,5,9,11H2,1-4H3. The molecule has 0 aliphatic heterocycles. The number of hydrogen-bond acceptors (Lipinski definition) is 3. The highest BCUT2D eigenvalue weighted by atomic mass is 16.5. The maximum Gasteiger partial charge on any atom is 0.120 e. The second kappa shape index (κ2) is 8.11. The topological polar surface area (TPSA) is 30.5 Å². The lowest BCUT2D eigenvalue weighted by Crippen LogP contribution is -2.22. The Balaban J connectivity index is 2.66. The monoisotopic (exact) mass is 251 g/mol. The summed E-state index contributed by atoms with van der Waals surface area (Å²) in [5.74, 6) is 0.915. The van der Waals surface area contributed by atoms with Crippen LogP contribution in [0.1, 0.15) is 38.8 Å². The second-order valence-corrected chi connectivity index (χ2v) is 4.66. The molecule has 0 aliphatic rings. The van der Waals surface area contributed by atoms with Crippen molar-refractivity contribution in [2.75, 3.05) is 20.3 Å². The van der Waals surface area contributed by atoms with E-state index in [9.17, 15) is 0 Å². The minimum atomic E-state index is 0.199. The van der Waals surface area contributed by atoms with E-state index in [0.29, 0.717) is 6.61 Å². The molecule has 0 amide bonds. The fourth-order valence-electron chi connectivity index (χ4n) is 1.77. The van der Waals surface area contributed by atoms with E-state index in [-0.39, 0.29) is 12.1 Å². The number of ether oxygens (including phenoxy) is 2. The van der Waals surface area contributed by atoms with Crippen molar-refractivity contribution in [3.63, 3.8) is 0 Å². The molecule has 0 heterocycles. The molecule has 1 aromatic rings. The Morgan fingerprint density at radius 1 is 1.28 bits per heavy atom. The van der Waals surface area contributed by atoms with Crippen LogP contribution in [0.2, 0.25) is 0 Å². The minimum Gasteiger partial charge on any atom is -0.491 e. The fourth-order valence-corrected chi connectivity index (χ4v) is 1.77. The Bertz CT molecular complexity index is 339. The van der Waals surface area contributed by atoms with Gasteiger partial charge in [0.1, 0.15) is 5.75 Å². The minimum absolute atomic E-state index is 0.199. The largest absolute Gasteiger partial charge is 0.491 e. The number of likely N-dealkylation sites (N-methyl/N-ethyl adjacent to an activating group) is 1. The first-order valence-electron chi connectivity index (χ1n) is 6.69. The molecule has 0 aromatic heterocycles. The molecular formula is C15H25NO2. The van der Waals surface area contributed by atoms with Gasteiger partial charge in [0.05, 0.1) is 18.8 Å². The third-order valence-corrected chi connectivity index (χ3v) is 2.61. The molecule has 0 spiro atoms. The Morgan fingerprint density at radius 3 is 2.67 bits per heavy atom. The van der Waals surface area contributed by atoms with E-state index in [1.54, 1.807) is 0 Å². The molecule has 102 valence electrons. The van der Waals surface area contributed by atoms with Crippen LogP contribution in [0.15, 0.2) is 24.3 Å². The first-order valence-corrected chi connectivity index (χ1v) is 6.69. The van der Waals surface area contributed by atoms with E-state index in [4.69, 9.17) is 9.47 Å². The maximum absolute atomic E-state index is 5.71. The number of hydrogen-bond donors (Lipinski definition) is 1. The normalized spacial score (nSPS) is 12.7. The molecule has 1 rings (SSSR count). The highest BCUT2D eigenvalue weighted by Crippen LogP contribution is 2.20. The Hall–Kier alpha value is -1.06. The fraction of sp³-hybridized carbons (Fsp3) is 0.600. The van der Waals surface area contributed by atoms with Crippen molar-refractivity contribution in [2.45, 2.75) is 39.3 Å². The van der Waals surface area contributed by atoms with Crippen LogP contribution in [0.3, 0.4) is 0 Å². The smallest absolute Gasteiger partial charge is 0.120 e.